The van der Waals surface area contributed by atoms with E-state index in [9.17, 15) is 4.79 Å². The maximum absolute atomic E-state index is 11.3. The van der Waals surface area contributed by atoms with Crippen molar-refractivity contribution in [3.63, 3.8) is 0 Å². The van der Waals surface area contributed by atoms with Crippen molar-refractivity contribution in [2.75, 3.05) is 19.7 Å². The highest BCUT2D eigenvalue weighted by atomic mass is 16.5. The van der Waals surface area contributed by atoms with Crippen LogP contribution in [0, 0.1) is 5.92 Å². The third kappa shape index (κ3) is 5.14. The zero-order chi connectivity index (χ0) is 15.1. The van der Waals surface area contributed by atoms with E-state index in [1.807, 2.05) is 13.0 Å². The molecule has 2 atom stereocenters. The third-order valence-electron chi connectivity index (χ3n) is 4.08. The van der Waals surface area contributed by atoms with Gasteiger partial charge in [0.15, 0.2) is 0 Å². The molecule has 21 heavy (non-hydrogen) atoms. The van der Waals surface area contributed by atoms with Gasteiger partial charge in [-0.3, -0.25) is 9.69 Å². The number of carbonyl (C=O) groups is 1. The van der Waals surface area contributed by atoms with Gasteiger partial charge in [-0.05, 0) is 31.2 Å². The zero-order valence-electron chi connectivity index (χ0n) is 12.8. The summed E-state index contributed by atoms with van der Waals surface area (Å²) in [5.74, 6) is 0.397. The third-order valence-corrected chi connectivity index (χ3v) is 4.08. The number of benzene rings is 1. The molecule has 1 aliphatic heterocycles. The summed E-state index contributed by atoms with van der Waals surface area (Å²) in [5, 5.41) is 0. The van der Waals surface area contributed by atoms with Gasteiger partial charge in [0, 0.05) is 32.1 Å². The van der Waals surface area contributed by atoms with Gasteiger partial charge in [0.1, 0.15) is 0 Å². The number of hydrogen-bond donors (Lipinski definition) is 1. The summed E-state index contributed by atoms with van der Waals surface area (Å²) in [6.45, 7) is 5.24. The highest BCUT2D eigenvalue weighted by Gasteiger charge is 2.29. The number of hydrogen-bond acceptors (Lipinski definition) is 4. The topological polar surface area (TPSA) is 55.6 Å². The first kappa shape index (κ1) is 16.0. The molecular formula is C17H26N2O2. The van der Waals surface area contributed by atoms with Crippen LogP contribution in [0.1, 0.15) is 31.7 Å². The fourth-order valence-corrected chi connectivity index (χ4v) is 3.01. The predicted octanol–water partition coefficient (Wildman–Crippen LogP) is 2.18. The molecule has 1 fully saturated rings. The molecule has 0 aromatic heterocycles. The highest BCUT2D eigenvalue weighted by Crippen LogP contribution is 2.22. The average Bonchev–Trinajstić information content (AvgIpc) is 2.80. The minimum absolute atomic E-state index is 0.0924. The Morgan fingerprint density at radius 1 is 1.33 bits per heavy atom. The quantitative estimate of drug-likeness (QED) is 0.782. The fraction of sp³-hybridized carbons (Fsp3) is 0.588. The van der Waals surface area contributed by atoms with Crippen LogP contribution in [0.3, 0.4) is 0 Å². The number of nitrogens with zero attached hydrogens (tertiary/aromatic N) is 1. The number of esters is 1. The van der Waals surface area contributed by atoms with Gasteiger partial charge in [-0.2, -0.15) is 0 Å². The van der Waals surface area contributed by atoms with Crippen LogP contribution in [0.5, 0.6) is 0 Å². The number of rotatable bonds is 7. The molecule has 1 heterocycles. The second kappa shape index (κ2) is 8.15. The molecule has 1 aromatic rings. The van der Waals surface area contributed by atoms with Crippen LogP contribution in [-0.4, -0.2) is 36.6 Å². The summed E-state index contributed by atoms with van der Waals surface area (Å²) in [5.41, 5.74) is 7.57. The van der Waals surface area contributed by atoms with Gasteiger partial charge in [0.25, 0.3) is 0 Å². The van der Waals surface area contributed by atoms with Gasteiger partial charge in [-0.25, -0.2) is 0 Å². The number of ether oxygens (including phenoxy) is 1. The largest absolute Gasteiger partial charge is 0.466 e. The first-order valence-corrected chi connectivity index (χ1v) is 7.86. The molecule has 0 amide bonds. The molecule has 2 rings (SSSR count). The number of likely N-dealkylation sites (tertiary alicyclic amines) is 1. The SMILES string of the molecule is CCOC(=O)CCCC1CN(Cc2ccccc2)C[C@H]1N. The average molecular weight is 290 g/mol. The second-order valence-corrected chi connectivity index (χ2v) is 5.80. The first-order chi connectivity index (χ1) is 10.2. The van der Waals surface area contributed by atoms with Crippen molar-refractivity contribution in [2.24, 2.45) is 11.7 Å². The molecule has 4 heteroatoms. The fourth-order valence-electron chi connectivity index (χ4n) is 3.01. The predicted molar refractivity (Wildman–Crippen MR) is 83.7 cm³/mol. The molecule has 1 unspecified atom stereocenters. The van der Waals surface area contributed by atoms with Crippen molar-refractivity contribution < 1.29 is 9.53 Å². The van der Waals surface area contributed by atoms with Crippen LogP contribution < -0.4 is 5.73 Å². The van der Waals surface area contributed by atoms with Crippen molar-refractivity contribution in [3.8, 4) is 0 Å². The van der Waals surface area contributed by atoms with Crippen LogP contribution in [0.25, 0.3) is 0 Å². The van der Waals surface area contributed by atoms with Crippen LogP contribution in [-0.2, 0) is 16.1 Å². The summed E-state index contributed by atoms with van der Waals surface area (Å²) in [7, 11) is 0. The lowest BCUT2D eigenvalue weighted by molar-refractivity contribution is -0.143. The van der Waals surface area contributed by atoms with Crippen molar-refractivity contribution in [2.45, 2.75) is 38.8 Å². The Balaban J connectivity index is 1.72. The minimum atomic E-state index is -0.0924. The summed E-state index contributed by atoms with van der Waals surface area (Å²) >= 11 is 0. The van der Waals surface area contributed by atoms with Crippen molar-refractivity contribution in [1.29, 1.82) is 0 Å². The molecule has 1 aliphatic rings. The van der Waals surface area contributed by atoms with Crippen LogP contribution >= 0.6 is 0 Å². The monoisotopic (exact) mass is 290 g/mol. The van der Waals surface area contributed by atoms with Crippen molar-refractivity contribution in [3.05, 3.63) is 35.9 Å². The van der Waals surface area contributed by atoms with Crippen LogP contribution in [0.15, 0.2) is 30.3 Å². The second-order valence-electron chi connectivity index (χ2n) is 5.80. The lowest BCUT2D eigenvalue weighted by Crippen LogP contribution is -2.29. The Labute approximate surface area is 127 Å². The van der Waals surface area contributed by atoms with E-state index in [0.717, 1.165) is 32.5 Å². The summed E-state index contributed by atoms with van der Waals surface area (Å²) in [4.78, 5) is 13.8. The van der Waals surface area contributed by atoms with Gasteiger partial charge in [-0.1, -0.05) is 30.3 Å². The van der Waals surface area contributed by atoms with Gasteiger partial charge >= 0.3 is 5.97 Å². The van der Waals surface area contributed by atoms with E-state index in [1.54, 1.807) is 0 Å². The Morgan fingerprint density at radius 2 is 2.10 bits per heavy atom. The van der Waals surface area contributed by atoms with Gasteiger partial charge in [0.2, 0.25) is 0 Å². The van der Waals surface area contributed by atoms with E-state index in [2.05, 4.69) is 29.2 Å². The molecule has 116 valence electrons. The van der Waals surface area contributed by atoms with Crippen molar-refractivity contribution in [1.82, 2.24) is 4.90 Å². The zero-order valence-corrected chi connectivity index (χ0v) is 12.8. The summed E-state index contributed by atoms with van der Waals surface area (Å²) in [6.07, 6.45) is 2.39. The van der Waals surface area contributed by atoms with E-state index in [0.29, 0.717) is 18.9 Å². The Hall–Kier alpha value is -1.39. The smallest absolute Gasteiger partial charge is 0.305 e. The lowest BCUT2D eigenvalue weighted by Gasteiger charge is -2.15. The van der Waals surface area contributed by atoms with Gasteiger partial charge in [0.05, 0.1) is 6.61 Å². The number of carbonyl (C=O) groups excluding carboxylic acids is 1. The van der Waals surface area contributed by atoms with E-state index < -0.39 is 0 Å². The van der Waals surface area contributed by atoms with Crippen molar-refractivity contribution >= 4 is 5.97 Å². The highest BCUT2D eigenvalue weighted by molar-refractivity contribution is 5.69. The van der Waals surface area contributed by atoms with E-state index in [4.69, 9.17) is 10.5 Å². The molecule has 2 N–H and O–H groups in total. The van der Waals surface area contributed by atoms with E-state index in [-0.39, 0.29) is 12.0 Å². The molecule has 1 aromatic carbocycles. The molecule has 0 radical (unpaired) electrons. The maximum atomic E-state index is 11.3. The molecule has 0 spiro atoms. The normalized spacial score (nSPS) is 22.4. The minimum Gasteiger partial charge on any atom is -0.466 e. The number of nitrogens with two attached hydrogens (primary N) is 1. The summed E-state index contributed by atoms with van der Waals surface area (Å²) < 4.78 is 4.95. The Morgan fingerprint density at radius 3 is 2.81 bits per heavy atom. The van der Waals surface area contributed by atoms with Crippen LogP contribution in [0.4, 0.5) is 0 Å². The molecule has 4 nitrogen and oxygen atoms in total. The molecule has 0 aliphatic carbocycles. The van der Waals surface area contributed by atoms with E-state index >= 15 is 0 Å². The molecular weight excluding hydrogens is 264 g/mol. The maximum Gasteiger partial charge on any atom is 0.305 e. The first-order valence-electron chi connectivity index (χ1n) is 7.86. The molecule has 1 saturated heterocycles. The molecule has 0 saturated carbocycles. The van der Waals surface area contributed by atoms with E-state index in [1.165, 1.54) is 5.56 Å². The Kier molecular flexibility index (Phi) is 6.21. The van der Waals surface area contributed by atoms with Gasteiger partial charge < -0.3 is 10.5 Å². The summed E-state index contributed by atoms with van der Waals surface area (Å²) in [6, 6.07) is 10.7. The standard InChI is InChI=1S/C17H26N2O2/c1-2-21-17(20)10-6-9-15-12-19(13-16(15)18)11-14-7-4-3-5-8-14/h3-5,7-8,15-16H,2,6,9-13,18H2,1H3/t15?,16-/m1/s1. The lowest BCUT2D eigenvalue weighted by atomic mass is 9.98. The van der Waals surface area contributed by atoms with Crippen LogP contribution in [0.2, 0.25) is 0 Å². The van der Waals surface area contributed by atoms with Gasteiger partial charge in [-0.15, -0.1) is 0 Å². The Bertz CT molecular complexity index is 436. The molecule has 0 bridgehead atoms.